The zero-order valence-electron chi connectivity index (χ0n) is 17.0. The zero-order chi connectivity index (χ0) is 22.2. The van der Waals surface area contributed by atoms with Crippen molar-refractivity contribution >= 4 is 34.5 Å². The van der Waals surface area contributed by atoms with Gasteiger partial charge in [0.25, 0.3) is 5.91 Å². The maximum atomic E-state index is 12.0. The second kappa shape index (κ2) is 10.0. The fourth-order valence-electron chi connectivity index (χ4n) is 2.93. The number of nitrogens with zero attached hydrogens (tertiary/aromatic N) is 3. The van der Waals surface area contributed by atoms with E-state index in [1.165, 1.54) is 6.08 Å². The average molecular weight is 418 g/mol. The topological polar surface area (TPSA) is 105 Å². The number of amides is 2. The van der Waals surface area contributed by atoms with E-state index in [1.807, 2.05) is 12.1 Å². The number of hydrogen-bond donors (Lipinski definition) is 2. The molecule has 158 valence electrons. The van der Waals surface area contributed by atoms with Gasteiger partial charge in [0.2, 0.25) is 11.8 Å². The van der Waals surface area contributed by atoms with E-state index in [1.54, 1.807) is 60.2 Å². The molecule has 0 unspecified atom stereocenters. The van der Waals surface area contributed by atoms with Crippen LogP contribution in [0.25, 0.3) is 17.0 Å². The first kappa shape index (κ1) is 21.5. The summed E-state index contributed by atoms with van der Waals surface area (Å²) < 4.78 is 6.70. The van der Waals surface area contributed by atoms with E-state index in [0.717, 1.165) is 16.8 Å². The van der Waals surface area contributed by atoms with Crippen molar-refractivity contribution in [2.75, 3.05) is 13.7 Å². The number of fused-ring (bicyclic) bond motifs is 1. The molecule has 2 aromatic carbocycles. The number of para-hydroxylation sites is 1. The van der Waals surface area contributed by atoms with Gasteiger partial charge in [0, 0.05) is 18.0 Å². The number of nitrogens with one attached hydrogen (secondary N) is 1. The van der Waals surface area contributed by atoms with Crippen LogP contribution < -0.4 is 10.1 Å². The second-order valence-corrected chi connectivity index (χ2v) is 6.51. The van der Waals surface area contributed by atoms with Crippen LogP contribution in [-0.2, 0) is 16.1 Å². The number of hydrogen-bond acceptors (Lipinski definition) is 5. The molecule has 0 fully saturated rings. The Bertz CT molecular complexity index is 1160. The number of aromatic hydroxyl groups is 1. The highest BCUT2D eigenvalue weighted by atomic mass is 16.5. The third-order valence-electron chi connectivity index (χ3n) is 4.45. The largest absolute Gasteiger partial charge is 0.497 e. The summed E-state index contributed by atoms with van der Waals surface area (Å²) in [5.74, 6) is -0.476. The molecular formula is C23H22N4O4. The first-order chi connectivity index (χ1) is 15.0. The molecule has 8 nitrogen and oxygen atoms in total. The van der Waals surface area contributed by atoms with Gasteiger partial charge in [-0.1, -0.05) is 36.4 Å². The predicted octanol–water partition coefficient (Wildman–Crippen LogP) is 3.98. The summed E-state index contributed by atoms with van der Waals surface area (Å²) in [6.07, 6.45) is 4.58. The molecule has 2 amide bonds. The Balaban J connectivity index is 1.62. The number of carbonyl (C=O) groups excluding carboxylic acids is 2. The molecule has 0 radical (unpaired) electrons. The molecule has 0 aliphatic rings. The fraction of sp³-hybridized carbons (Fsp3) is 0.130. The van der Waals surface area contributed by atoms with E-state index in [-0.39, 0.29) is 18.1 Å². The number of methoxy groups -OCH3 is 1. The zero-order valence-corrected chi connectivity index (χ0v) is 17.0. The van der Waals surface area contributed by atoms with Crippen LogP contribution in [0.2, 0.25) is 0 Å². The number of allylic oxidation sites excluding steroid dienone is 1. The number of aromatic nitrogens is 1. The summed E-state index contributed by atoms with van der Waals surface area (Å²) >= 11 is 0. The van der Waals surface area contributed by atoms with Crippen molar-refractivity contribution in [3.63, 3.8) is 0 Å². The Morgan fingerprint density at radius 3 is 2.65 bits per heavy atom. The third-order valence-corrected chi connectivity index (χ3v) is 4.45. The van der Waals surface area contributed by atoms with Crippen LogP contribution in [0.5, 0.6) is 11.6 Å². The fourth-order valence-corrected chi connectivity index (χ4v) is 2.93. The standard InChI is InChI=1S/C23H22N4O4/c1-3-14-27-19-7-5-4-6-18(19)22(23(27)30)26-25-21(29)15-24-20(28)13-10-16-8-11-17(31-2)12-9-16/h3-13,30H,1,14-15H2,2H3,(H,24,28). The van der Waals surface area contributed by atoms with Gasteiger partial charge in [-0.25, -0.2) is 0 Å². The van der Waals surface area contributed by atoms with Crippen LogP contribution in [0.15, 0.2) is 77.5 Å². The molecule has 0 aliphatic heterocycles. The Kier molecular flexibility index (Phi) is 6.95. The van der Waals surface area contributed by atoms with Crippen molar-refractivity contribution in [3.8, 4) is 11.6 Å². The van der Waals surface area contributed by atoms with Gasteiger partial charge in [-0.2, -0.15) is 0 Å². The van der Waals surface area contributed by atoms with Gasteiger partial charge in [0.15, 0.2) is 5.69 Å². The molecule has 0 bridgehead atoms. The van der Waals surface area contributed by atoms with Crippen LogP contribution in [-0.4, -0.2) is 35.1 Å². The highest BCUT2D eigenvalue weighted by molar-refractivity contribution is 5.96. The highest BCUT2D eigenvalue weighted by Crippen LogP contribution is 2.38. The SMILES string of the molecule is C=CCn1c(O)c(N=NC(=O)CNC(=O)C=Cc2ccc(OC)cc2)c2ccccc21. The van der Waals surface area contributed by atoms with Crippen LogP contribution >= 0.6 is 0 Å². The normalized spacial score (nSPS) is 11.3. The Labute approximate surface area is 179 Å². The summed E-state index contributed by atoms with van der Waals surface area (Å²) in [5.41, 5.74) is 1.75. The maximum Gasteiger partial charge on any atom is 0.283 e. The van der Waals surface area contributed by atoms with E-state index < -0.39 is 11.8 Å². The lowest BCUT2D eigenvalue weighted by Crippen LogP contribution is -2.26. The number of carbonyl (C=O) groups is 2. The molecule has 0 aliphatic carbocycles. The highest BCUT2D eigenvalue weighted by Gasteiger charge is 2.15. The molecule has 31 heavy (non-hydrogen) atoms. The molecule has 0 saturated carbocycles. The minimum Gasteiger partial charge on any atom is -0.497 e. The monoisotopic (exact) mass is 418 g/mol. The molecule has 0 atom stereocenters. The van der Waals surface area contributed by atoms with Crippen molar-refractivity contribution in [3.05, 3.63) is 72.8 Å². The number of benzene rings is 2. The lowest BCUT2D eigenvalue weighted by molar-refractivity contribution is -0.122. The minimum absolute atomic E-state index is 0.107. The summed E-state index contributed by atoms with van der Waals surface area (Å²) in [6.45, 7) is 3.74. The van der Waals surface area contributed by atoms with Gasteiger partial charge in [-0.15, -0.1) is 16.8 Å². The minimum atomic E-state index is -0.647. The predicted molar refractivity (Wildman–Crippen MR) is 118 cm³/mol. The van der Waals surface area contributed by atoms with Crippen molar-refractivity contribution in [2.45, 2.75) is 6.54 Å². The van der Waals surface area contributed by atoms with Crippen LogP contribution in [0.3, 0.4) is 0 Å². The molecule has 1 aromatic heterocycles. The third kappa shape index (κ3) is 5.24. The van der Waals surface area contributed by atoms with Crippen LogP contribution in [0, 0.1) is 0 Å². The summed E-state index contributed by atoms with van der Waals surface area (Å²) in [6, 6.07) is 14.4. The van der Waals surface area contributed by atoms with Crippen LogP contribution in [0.4, 0.5) is 5.69 Å². The molecule has 3 rings (SSSR count). The second-order valence-electron chi connectivity index (χ2n) is 6.51. The molecule has 0 saturated heterocycles. The van der Waals surface area contributed by atoms with E-state index in [4.69, 9.17) is 4.74 Å². The van der Waals surface area contributed by atoms with Crippen LogP contribution in [0.1, 0.15) is 5.56 Å². The van der Waals surface area contributed by atoms with Gasteiger partial charge in [0.05, 0.1) is 12.6 Å². The lowest BCUT2D eigenvalue weighted by atomic mass is 10.2. The maximum absolute atomic E-state index is 12.0. The van der Waals surface area contributed by atoms with E-state index in [9.17, 15) is 14.7 Å². The molecule has 1 heterocycles. The molecule has 3 aromatic rings. The van der Waals surface area contributed by atoms with E-state index in [2.05, 4.69) is 22.1 Å². The van der Waals surface area contributed by atoms with Gasteiger partial charge >= 0.3 is 0 Å². The number of azo groups is 1. The summed E-state index contributed by atoms with van der Waals surface area (Å²) in [7, 11) is 1.58. The Morgan fingerprint density at radius 1 is 1.19 bits per heavy atom. The number of ether oxygens (including phenoxy) is 1. The van der Waals surface area contributed by atoms with Crippen molar-refractivity contribution < 1.29 is 19.4 Å². The molecule has 2 N–H and O–H groups in total. The van der Waals surface area contributed by atoms with Gasteiger partial charge < -0.3 is 19.7 Å². The Hall–Kier alpha value is -4.20. The van der Waals surface area contributed by atoms with Gasteiger partial charge in [-0.3, -0.25) is 9.59 Å². The van der Waals surface area contributed by atoms with Crippen molar-refractivity contribution in [1.29, 1.82) is 0 Å². The quantitative estimate of drug-likeness (QED) is 0.328. The van der Waals surface area contributed by atoms with Gasteiger partial charge in [-0.05, 0) is 29.8 Å². The molecule has 8 heteroatoms. The first-order valence-electron chi connectivity index (χ1n) is 9.49. The summed E-state index contributed by atoms with van der Waals surface area (Å²) in [4.78, 5) is 24.0. The van der Waals surface area contributed by atoms with Crippen molar-refractivity contribution in [1.82, 2.24) is 9.88 Å². The van der Waals surface area contributed by atoms with Crippen molar-refractivity contribution in [2.24, 2.45) is 10.2 Å². The Morgan fingerprint density at radius 2 is 1.94 bits per heavy atom. The van der Waals surface area contributed by atoms with Gasteiger partial charge in [0.1, 0.15) is 12.3 Å². The lowest BCUT2D eigenvalue weighted by Gasteiger charge is -2.01. The first-order valence-corrected chi connectivity index (χ1v) is 9.49. The van der Waals surface area contributed by atoms with E-state index in [0.29, 0.717) is 11.9 Å². The number of rotatable bonds is 8. The smallest absolute Gasteiger partial charge is 0.283 e. The molecular weight excluding hydrogens is 396 g/mol. The van der Waals surface area contributed by atoms with E-state index >= 15 is 0 Å². The summed E-state index contributed by atoms with van der Waals surface area (Å²) in [5, 5.41) is 21.1. The molecule has 0 spiro atoms. The average Bonchev–Trinajstić information content (AvgIpc) is 3.06.